The number of rotatable bonds is 4. The standard InChI is InChI=1S/C11H13N3O3S/c1-18(16,17)7-6-12-11(15)10-8-4-2-3-5-9(8)13-14-10/h2-5H,6-7H2,1H3,(H,12,15)(H,13,14). The van der Waals surface area contributed by atoms with E-state index in [2.05, 4.69) is 15.5 Å². The third-order valence-corrected chi connectivity index (χ3v) is 3.39. The first-order valence-electron chi connectivity index (χ1n) is 5.36. The lowest BCUT2D eigenvalue weighted by atomic mass is 10.2. The van der Waals surface area contributed by atoms with Crippen molar-refractivity contribution in [2.24, 2.45) is 0 Å². The van der Waals surface area contributed by atoms with Crippen molar-refractivity contribution in [1.29, 1.82) is 0 Å². The third-order valence-electron chi connectivity index (χ3n) is 2.44. The number of amides is 1. The number of sulfone groups is 1. The summed E-state index contributed by atoms with van der Waals surface area (Å²) in [5.74, 6) is -0.461. The van der Waals surface area contributed by atoms with Crippen LogP contribution in [-0.2, 0) is 9.84 Å². The molecule has 1 aromatic carbocycles. The molecule has 2 N–H and O–H groups in total. The summed E-state index contributed by atoms with van der Waals surface area (Å²) in [6, 6.07) is 7.25. The zero-order chi connectivity index (χ0) is 13.2. The molecule has 2 aromatic rings. The topological polar surface area (TPSA) is 91.9 Å². The Labute approximate surface area is 104 Å². The molecular weight excluding hydrogens is 254 g/mol. The average Bonchev–Trinajstić information content (AvgIpc) is 2.70. The molecule has 0 bridgehead atoms. The molecule has 0 aliphatic heterocycles. The Bertz CT molecular complexity index is 676. The normalized spacial score (nSPS) is 11.6. The van der Waals surface area contributed by atoms with Gasteiger partial charge in [-0.2, -0.15) is 5.10 Å². The van der Waals surface area contributed by atoms with Gasteiger partial charge in [-0.05, 0) is 6.07 Å². The number of benzene rings is 1. The zero-order valence-electron chi connectivity index (χ0n) is 9.80. The van der Waals surface area contributed by atoms with E-state index < -0.39 is 9.84 Å². The van der Waals surface area contributed by atoms with Crippen LogP contribution in [0.5, 0.6) is 0 Å². The smallest absolute Gasteiger partial charge is 0.272 e. The van der Waals surface area contributed by atoms with Gasteiger partial charge in [0.15, 0.2) is 5.69 Å². The molecule has 0 atom stereocenters. The van der Waals surface area contributed by atoms with E-state index in [4.69, 9.17) is 0 Å². The van der Waals surface area contributed by atoms with Gasteiger partial charge in [0.25, 0.3) is 5.91 Å². The van der Waals surface area contributed by atoms with E-state index in [-0.39, 0.29) is 23.9 Å². The second-order valence-electron chi connectivity index (χ2n) is 4.00. The number of carbonyl (C=O) groups excluding carboxylic acids is 1. The SMILES string of the molecule is CS(=O)(=O)CCNC(=O)c1n[nH]c2ccccc12. The minimum atomic E-state index is -3.07. The minimum absolute atomic E-state index is 0.0822. The van der Waals surface area contributed by atoms with Crippen LogP contribution in [0, 0.1) is 0 Å². The Morgan fingerprint density at radius 1 is 1.39 bits per heavy atom. The van der Waals surface area contributed by atoms with E-state index in [0.717, 1.165) is 11.8 Å². The maximum absolute atomic E-state index is 11.8. The maximum atomic E-state index is 11.8. The summed E-state index contributed by atoms with van der Waals surface area (Å²) < 4.78 is 21.9. The number of carbonyl (C=O) groups is 1. The first-order chi connectivity index (χ1) is 8.47. The lowest BCUT2D eigenvalue weighted by Crippen LogP contribution is -2.29. The van der Waals surface area contributed by atoms with Crippen LogP contribution < -0.4 is 5.32 Å². The van der Waals surface area contributed by atoms with E-state index in [1.54, 1.807) is 6.07 Å². The van der Waals surface area contributed by atoms with Crippen LogP contribution in [0.4, 0.5) is 0 Å². The number of fused-ring (bicyclic) bond motifs is 1. The molecule has 1 heterocycles. The van der Waals surface area contributed by atoms with Gasteiger partial charge in [0, 0.05) is 18.2 Å². The van der Waals surface area contributed by atoms with Gasteiger partial charge in [-0.1, -0.05) is 18.2 Å². The molecule has 2 rings (SSSR count). The van der Waals surface area contributed by atoms with Gasteiger partial charge in [0.05, 0.1) is 11.3 Å². The Morgan fingerprint density at radius 3 is 2.83 bits per heavy atom. The summed E-state index contributed by atoms with van der Waals surface area (Å²) >= 11 is 0. The Kier molecular flexibility index (Phi) is 3.33. The molecule has 96 valence electrons. The van der Waals surface area contributed by atoms with E-state index in [9.17, 15) is 13.2 Å². The Balaban J connectivity index is 2.10. The van der Waals surface area contributed by atoms with Crippen molar-refractivity contribution >= 4 is 26.6 Å². The highest BCUT2D eigenvalue weighted by atomic mass is 32.2. The highest BCUT2D eigenvalue weighted by Crippen LogP contribution is 2.14. The largest absolute Gasteiger partial charge is 0.350 e. The van der Waals surface area contributed by atoms with Crippen LogP contribution in [0.2, 0.25) is 0 Å². The molecule has 0 aliphatic carbocycles. The van der Waals surface area contributed by atoms with Gasteiger partial charge in [0.1, 0.15) is 9.84 Å². The monoisotopic (exact) mass is 267 g/mol. The first-order valence-corrected chi connectivity index (χ1v) is 7.42. The predicted octanol–water partition coefficient (Wildman–Crippen LogP) is 0.337. The number of aromatic nitrogens is 2. The zero-order valence-corrected chi connectivity index (χ0v) is 10.6. The van der Waals surface area contributed by atoms with Crippen molar-refractivity contribution in [3.63, 3.8) is 0 Å². The van der Waals surface area contributed by atoms with Crippen LogP contribution in [0.15, 0.2) is 24.3 Å². The van der Waals surface area contributed by atoms with Gasteiger partial charge in [-0.15, -0.1) is 0 Å². The molecule has 1 amide bonds. The molecule has 7 heteroatoms. The molecule has 0 fully saturated rings. The predicted molar refractivity (Wildman–Crippen MR) is 68.1 cm³/mol. The molecular formula is C11H13N3O3S. The van der Waals surface area contributed by atoms with Gasteiger partial charge >= 0.3 is 0 Å². The third kappa shape index (κ3) is 2.86. The van der Waals surface area contributed by atoms with Gasteiger partial charge in [-0.3, -0.25) is 9.89 Å². The van der Waals surface area contributed by atoms with Crippen molar-refractivity contribution < 1.29 is 13.2 Å². The molecule has 0 aliphatic rings. The number of para-hydroxylation sites is 1. The van der Waals surface area contributed by atoms with Crippen molar-refractivity contribution in [3.05, 3.63) is 30.0 Å². The molecule has 0 saturated carbocycles. The molecule has 18 heavy (non-hydrogen) atoms. The number of H-pyrrole nitrogens is 1. The fourth-order valence-corrected chi connectivity index (χ4v) is 2.04. The Morgan fingerprint density at radius 2 is 2.11 bits per heavy atom. The van der Waals surface area contributed by atoms with Gasteiger partial charge < -0.3 is 5.32 Å². The molecule has 0 saturated heterocycles. The lowest BCUT2D eigenvalue weighted by Gasteiger charge is -2.02. The first kappa shape index (κ1) is 12.6. The van der Waals surface area contributed by atoms with Crippen molar-refractivity contribution in [2.75, 3.05) is 18.6 Å². The summed E-state index contributed by atoms with van der Waals surface area (Å²) in [6.45, 7) is 0.0822. The van der Waals surface area contributed by atoms with Crippen LogP contribution >= 0.6 is 0 Å². The minimum Gasteiger partial charge on any atom is -0.350 e. The summed E-state index contributed by atoms with van der Waals surface area (Å²) in [6.07, 6.45) is 1.13. The molecule has 0 radical (unpaired) electrons. The fourth-order valence-electron chi connectivity index (χ4n) is 1.57. The number of nitrogens with zero attached hydrogens (tertiary/aromatic N) is 1. The van der Waals surface area contributed by atoms with E-state index in [1.165, 1.54) is 0 Å². The molecule has 0 unspecified atom stereocenters. The molecule has 0 spiro atoms. The summed E-state index contributed by atoms with van der Waals surface area (Å²) in [4.78, 5) is 11.8. The van der Waals surface area contributed by atoms with Crippen LogP contribution in [0.1, 0.15) is 10.5 Å². The van der Waals surface area contributed by atoms with Crippen molar-refractivity contribution in [1.82, 2.24) is 15.5 Å². The quantitative estimate of drug-likeness (QED) is 0.835. The second-order valence-corrected chi connectivity index (χ2v) is 6.26. The number of aromatic amines is 1. The number of hydrogen-bond donors (Lipinski definition) is 2. The summed E-state index contributed by atoms with van der Waals surface area (Å²) in [5.41, 5.74) is 1.05. The van der Waals surface area contributed by atoms with E-state index in [1.807, 2.05) is 18.2 Å². The number of nitrogens with one attached hydrogen (secondary N) is 2. The molecule has 6 nitrogen and oxygen atoms in total. The average molecular weight is 267 g/mol. The Hall–Kier alpha value is -1.89. The molecule has 1 aromatic heterocycles. The van der Waals surface area contributed by atoms with Crippen molar-refractivity contribution in [2.45, 2.75) is 0 Å². The van der Waals surface area contributed by atoms with E-state index in [0.29, 0.717) is 5.39 Å². The maximum Gasteiger partial charge on any atom is 0.272 e. The van der Waals surface area contributed by atoms with Crippen molar-refractivity contribution in [3.8, 4) is 0 Å². The van der Waals surface area contributed by atoms with Crippen LogP contribution in [0.25, 0.3) is 10.9 Å². The number of hydrogen-bond acceptors (Lipinski definition) is 4. The summed E-state index contributed by atoms with van der Waals surface area (Å²) in [5, 5.41) is 9.92. The van der Waals surface area contributed by atoms with E-state index >= 15 is 0 Å². The van der Waals surface area contributed by atoms with Crippen LogP contribution in [-0.4, -0.2) is 43.1 Å². The highest BCUT2D eigenvalue weighted by Gasteiger charge is 2.13. The fraction of sp³-hybridized carbons (Fsp3) is 0.273. The lowest BCUT2D eigenvalue weighted by molar-refractivity contribution is 0.0952. The second kappa shape index (κ2) is 4.77. The highest BCUT2D eigenvalue weighted by molar-refractivity contribution is 7.90. The van der Waals surface area contributed by atoms with Crippen LogP contribution in [0.3, 0.4) is 0 Å². The van der Waals surface area contributed by atoms with Gasteiger partial charge in [-0.25, -0.2) is 8.42 Å². The summed E-state index contributed by atoms with van der Waals surface area (Å²) in [7, 11) is -3.07. The van der Waals surface area contributed by atoms with Gasteiger partial charge in [0.2, 0.25) is 0 Å².